The van der Waals surface area contributed by atoms with Gasteiger partial charge in [-0.15, -0.1) is 0 Å². The zero-order valence-electron chi connectivity index (χ0n) is 18.5. The predicted octanol–water partition coefficient (Wildman–Crippen LogP) is 6.66. The van der Waals surface area contributed by atoms with E-state index in [9.17, 15) is 18.8 Å². The summed E-state index contributed by atoms with van der Waals surface area (Å²) in [4.78, 5) is 12.5. The molecule has 0 aromatic heterocycles. The molecule has 0 saturated carbocycles. The Labute approximate surface area is 204 Å². The van der Waals surface area contributed by atoms with E-state index in [1.807, 2.05) is 0 Å². The van der Waals surface area contributed by atoms with Crippen molar-refractivity contribution in [3.8, 4) is 34.8 Å². The Morgan fingerprint density at radius 2 is 1.33 bits per heavy atom. The quantitative estimate of drug-likeness (QED) is 0.226. The van der Waals surface area contributed by atoms with Crippen LogP contribution >= 0.6 is 0 Å². The standard InChI is InChI=1S/C28H15F3N2O3/c29-23-21(14-32)22(15-33)24(30)27(25(23)31)36-26-19(16-35-28(34)18-10-5-2-6-11-18)12-7-13-20(26)17-8-3-1-4-9-17/h1-13H,16H2. The molecule has 0 unspecified atom stereocenters. The number of hydrogen-bond donors (Lipinski definition) is 0. The van der Waals surface area contributed by atoms with Crippen LogP contribution in [0, 0.1) is 40.1 Å². The van der Waals surface area contributed by atoms with Crippen LogP contribution in [0.4, 0.5) is 13.2 Å². The number of para-hydroxylation sites is 1. The summed E-state index contributed by atoms with van der Waals surface area (Å²) in [7, 11) is 0. The molecule has 0 aliphatic rings. The Morgan fingerprint density at radius 3 is 1.97 bits per heavy atom. The molecule has 0 heterocycles. The number of nitriles is 2. The molecular weight excluding hydrogens is 469 g/mol. The maximum atomic E-state index is 15.1. The summed E-state index contributed by atoms with van der Waals surface area (Å²) in [6, 6.07) is 24.3. The number of rotatable bonds is 6. The van der Waals surface area contributed by atoms with Gasteiger partial charge in [0, 0.05) is 11.1 Å². The summed E-state index contributed by atoms with van der Waals surface area (Å²) < 4.78 is 55.3. The van der Waals surface area contributed by atoms with Gasteiger partial charge < -0.3 is 9.47 Å². The smallest absolute Gasteiger partial charge is 0.338 e. The molecule has 0 radical (unpaired) electrons. The first-order valence-corrected chi connectivity index (χ1v) is 10.5. The number of esters is 1. The zero-order valence-corrected chi connectivity index (χ0v) is 18.5. The van der Waals surface area contributed by atoms with Gasteiger partial charge in [0.05, 0.1) is 5.56 Å². The normalized spacial score (nSPS) is 10.2. The molecule has 8 heteroatoms. The second-order valence-corrected chi connectivity index (χ2v) is 7.45. The summed E-state index contributed by atoms with van der Waals surface area (Å²) in [6.45, 7) is -0.336. The summed E-state index contributed by atoms with van der Waals surface area (Å²) in [5.74, 6) is -6.95. The van der Waals surface area contributed by atoms with Crippen LogP contribution in [-0.4, -0.2) is 5.97 Å². The molecule has 0 aliphatic carbocycles. The minimum atomic E-state index is -1.77. The van der Waals surface area contributed by atoms with Crippen LogP contribution in [0.1, 0.15) is 27.0 Å². The molecule has 176 valence electrons. The van der Waals surface area contributed by atoms with Crippen LogP contribution in [0.5, 0.6) is 11.5 Å². The van der Waals surface area contributed by atoms with Crippen molar-refractivity contribution in [1.82, 2.24) is 0 Å². The average molecular weight is 484 g/mol. The van der Waals surface area contributed by atoms with E-state index in [2.05, 4.69) is 0 Å². The van der Waals surface area contributed by atoms with Crippen molar-refractivity contribution in [3.63, 3.8) is 0 Å². The molecule has 0 saturated heterocycles. The van der Waals surface area contributed by atoms with Gasteiger partial charge in [-0.05, 0) is 17.7 Å². The monoisotopic (exact) mass is 484 g/mol. The fourth-order valence-electron chi connectivity index (χ4n) is 3.51. The Morgan fingerprint density at radius 1 is 0.722 bits per heavy atom. The van der Waals surface area contributed by atoms with Crippen molar-refractivity contribution in [2.45, 2.75) is 6.61 Å². The Kier molecular flexibility index (Phi) is 6.99. The third kappa shape index (κ3) is 4.61. The maximum absolute atomic E-state index is 15.1. The SMILES string of the molecule is N#Cc1c(F)c(F)c(Oc2c(COC(=O)c3ccccc3)cccc2-c2ccccc2)c(F)c1C#N. The van der Waals surface area contributed by atoms with Gasteiger partial charge in [0.25, 0.3) is 0 Å². The van der Waals surface area contributed by atoms with E-state index < -0.39 is 40.3 Å². The summed E-state index contributed by atoms with van der Waals surface area (Å²) in [5.41, 5.74) is -0.564. The molecule has 4 rings (SSSR count). The van der Waals surface area contributed by atoms with Crippen molar-refractivity contribution in [3.05, 3.63) is 119 Å². The van der Waals surface area contributed by atoms with Gasteiger partial charge in [-0.1, -0.05) is 66.7 Å². The molecular formula is C28H15F3N2O3. The minimum absolute atomic E-state index is 0.115. The van der Waals surface area contributed by atoms with E-state index in [0.29, 0.717) is 16.7 Å². The van der Waals surface area contributed by atoms with Gasteiger partial charge in [-0.2, -0.15) is 14.9 Å². The van der Waals surface area contributed by atoms with E-state index in [4.69, 9.17) is 14.7 Å². The summed E-state index contributed by atoms with van der Waals surface area (Å²) in [5, 5.41) is 18.3. The van der Waals surface area contributed by atoms with Gasteiger partial charge in [0.2, 0.25) is 11.6 Å². The Balaban J connectivity index is 1.82. The first-order chi connectivity index (χ1) is 17.5. The van der Waals surface area contributed by atoms with Crippen molar-refractivity contribution in [2.75, 3.05) is 0 Å². The van der Waals surface area contributed by atoms with Crippen LogP contribution in [-0.2, 0) is 11.3 Å². The fraction of sp³-hybridized carbons (Fsp3) is 0.0357. The lowest BCUT2D eigenvalue weighted by Crippen LogP contribution is -2.08. The number of benzene rings is 4. The third-order valence-electron chi connectivity index (χ3n) is 5.26. The second kappa shape index (κ2) is 10.5. The molecule has 5 nitrogen and oxygen atoms in total. The molecule has 0 bridgehead atoms. The average Bonchev–Trinajstić information content (AvgIpc) is 2.92. The lowest BCUT2D eigenvalue weighted by Gasteiger charge is -2.18. The van der Waals surface area contributed by atoms with E-state index in [0.717, 1.165) is 0 Å². The van der Waals surface area contributed by atoms with Gasteiger partial charge in [0.15, 0.2) is 11.6 Å². The topological polar surface area (TPSA) is 83.1 Å². The van der Waals surface area contributed by atoms with Crippen LogP contribution in [0.25, 0.3) is 11.1 Å². The maximum Gasteiger partial charge on any atom is 0.338 e. The molecule has 0 atom stereocenters. The first kappa shape index (κ1) is 24.1. The minimum Gasteiger partial charge on any atom is -0.457 e. The summed E-state index contributed by atoms with van der Waals surface area (Å²) in [6.07, 6.45) is 0. The predicted molar refractivity (Wildman–Crippen MR) is 123 cm³/mol. The van der Waals surface area contributed by atoms with Gasteiger partial charge in [-0.25, -0.2) is 13.6 Å². The van der Waals surface area contributed by atoms with E-state index in [-0.39, 0.29) is 17.9 Å². The highest BCUT2D eigenvalue weighted by atomic mass is 19.2. The van der Waals surface area contributed by atoms with Crippen molar-refractivity contribution < 1.29 is 27.4 Å². The first-order valence-electron chi connectivity index (χ1n) is 10.5. The molecule has 4 aromatic rings. The van der Waals surface area contributed by atoms with Crippen LogP contribution in [0.2, 0.25) is 0 Å². The van der Waals surface area contributed by atoms with Crippen LogP contribution in [0.3, 0.4) is 0 Å². The largest absolute Gasteiger partial charge is 0.457 e. The second-order valence-electron chi connectivity index (χ2n) is 7.45. The van der Waals surface area contributed by atoms with Crippen LogP contribution < -0.4 is 4.74 Å². The van der Waals surface area contributed by atoms with Crippen molar-refractivity contribution in [2.24, 2.45) is 0 Å². The Hall–Kier alpha value is -5.08. The van der Waals surface area contributed by atoms with Crippen molar-refractivity contribution in [1.29, 1.82) is 10.5 Å². The lowest BCUT2D eigenvalue weighted by molar-refractivity contribution is 0.0470. The molecule has 0 N–H and O–H groups in total. The number of carbonyl (C=O) groups is 1. The number of hydrogen-bond acceptors (Lipinski definition) is 5. The molecule has 0 aliphatic heterocycles. The van der Waals surface area contributed by atoms with Gasteiger partial charge >= 0.3 is 5.97 Å². The number of ether oxygens (including phenoxy) is 2. The molecule has 0 fully saturated rings. The molecule has 36 heavy (non-hydrogen) atoms. The number of nitrogens with zero attached hydrogens (tertiary/aromatic N) is 2. The van der Waals surface area contributed by atoms with E-state index in [1.165, 1.54) is 18.2 Å². The molecule has 4 aromatic carbocycles. The van der Waals surface area contributed by atoms with Crippen molar-refractivity contribution >= 4 is 5.97 Å². The van der Waals surface area contributed by atoms with Gasteiger partial charge in [-0.3, -0.25) is 0 Å². The lowest BCUT2D eigenvalue weighted by atomic mass is 10.0. The highest BCUT2D eigenvalue weighted by molar-refractivity contribution is 5.89. The Bertz CT molecular complexity index is 1530. The number of carbonyl (C=O) groups excluding carboxylic acids is 1. The zero-order chi connectivity index (χ0) is 25.7. The third-order valence-corrected chi connectivity index (χ3v) is 5.26. The van der Waals surface area contributed by atoms with Crippen LogP contribution in [0.15, 0.2) is 78.9 Å². The molecule has 0 spiro atoms. The highest BCUT2D eigenvalue weighted by Crippen LogP contribution is 2.40. The van der Waals surface area contributed by atoms with Gasteiger partial charge in [0.1, 0.15) is 35.6 Å². The number of halogens is 3. The summed E-state index contributed by atoms with van der Waals surface area (Å²) >= 11 is 0. The molecule has 0 amide bonds. The highest BCUT2D eigenvalue weighted by Gasteiger charge is 2.28. The van der Waals surface area contributed by atoms with E-state index >= 15 is 4.39 Å². The van der Waals surface area contributed by atoms with E-state index in [1.54, 1.807) is 72.8 Å². The fourth-order valence-corrected chi connectivity index (χ4v) is 3.51.